The smallest absolute Gasteiger partial charge is 0.261 e. The molecule has 0 bridgehead atoms. The first kappa shape index (κ1) is 17.0. The van der Waals surface area contributed by atoms with Crippen LogP contribution in [0.4, 0.5) is 0 Å². The van der Waals surface area contributed by atoms with Crippen molar-refractivity contribution in [2.75, 3.05) is 7.05 Å². The molecule has 1 aromatic rings. The van der Waals surface area contributed by atoms with Crippen molar-refractivity contribution in [3.63, 3.8) is 0 Å². The second-order valence-corrected chi connectivity index (χ2v) is 7.98. The van der Waals surface area contributed by atoms with Crippen molar-refractivity contribution < 1.29 is 13.2 Å². The number of amides is 1. The normalized spacial score (nSPS) is 12.3. The highest BCUT2D eigenvalue weighted by Gasteiger charge is 2.27. The van der Waals surface area contributed by atoms with E-state index < -0.39 is 9.05 Å². The van der Waals surface area contributed by atoms with Gasteiger partial charge in [0, 0.05) is 28.8 Å². The molecule has 0 aliphatic carbocycles. The molecular formula is C14H20ClNO3S. The average Bonchev–Trinajstić information content (AvgIpc) is 2.36. The standard InChI is InChI=1S/C14H20ClNO3S/c1-6-14(3,4)16(5)13(17)11-8-7-10(2)12(9-11)20(15,18)19/h7-9H,6H2,1-5H3. The van der Waals surface area contributed by atoms with Gasteiger partial charge in [0.2, 0.25) is 0 Å². The predicted octanol–water partition coefficient (Wildman–Crippen LogP) is 3.18. The van der Waals surface area contributed by atoms with Crippen molar-refractivity contribution in [1.29, 1.82) is 0 Å². The first-order chi connectivity index (χ1) is 9.00. The van der Waals surface area contributed by atoms with Crippen molar-refractivity contribution in [1.82, 2.24) is 4.90 Å². The molecule has 0 fully saturated rings. The van der Waals surface area contributed by atoms with Crippen LogP contribution in [0.1, 0.15) is 43.1 Å². The first-order valence-electron chi connectivity index (χ1n) is 6.34. The second kappa shape index (κ2) is 5.74. The van der Waals surface area contributed by atoms with E-state index in [1.54, 1.807) is 31.0 Å². The van der Waals surface area contributed by atoms with Crippen molar-refractivity contribution in [3.05, 3.63) is 29.3 Å². The minimum Gasteiger partial charge on any atom is -0.337 e. The summed E-state index contributed by atoms with van der Waals surface area (Å²) in [5.74, 6) is -0.224. The fourth-order valence-corrected chi connectivity index (χ4v) is 2.92. The molecule has 112 valence electrons. The van der Waals surface area contributed by atoms with E-state index in [-0.39, 0.29) is 16.3 Å². The first-order valence-corrected chi connectivity index (χ1v) is 8.65. The molecule has 0 aliphatic rings. The Hall–Kier alpha value is -1.07. The Labute approximate surface area is 125 Å². The average molecular weight is 318 g/mol. The molecule has 0 aliphatic heterocycles. The summed E-state index contributed by atoms with van der Waals surface area (Å²) < 4.78 is 23.0. The van der Waals surface area contributed by atoms with E-state index in [1.165, 1.54) is 6.07 Å². The maximum atomic E-state index is 12.4. The van der Waals surface area contributed by atoms with Gasteiger partial charge in [0.15, 0.2) is 0 Å². The van der Waals surface area contributed by atoms with Gasteiger partial charge in [0.1, 0.15) is 0 Å². The number of carbonyl (C=O) groups is 1. The fraction of sp³-hybridized carbons (Fsp3) is 0.500. The zero-order valence-corrected chi connectivity index (χ0v) is 14.0. The molecular weight excluding hydrogens is 298 g/mol. The van der Waals surface area contributed by atoms with Gasteiger partial charge >= 0.3 is 0 Å². The Kier molecular flexibility index (Phi) is 4.87. The Morgan fingerprint density at radius 2 is 1.90 bits per heavy atom. The molecule has 0 saturated heterocycles. The van der Waals surface area contributed by atoms with Crippen LogP contribution >= 0.6 is 10.7 Å². The molecule has 0 radical (unpaired) electrons. The lowest BCUT2D eigenvalue weighted by Gasteiger charge is -2.35. The van der Waals surface area contributed by atoms with E-state index in [1.807, 2.05) is 20.8 Å². The van der Waals surface area contributed by atoms with Gasteiger partial charge in [-0.05, 0) is 44.9 Å². The minimum absolute atomic E-state index is 0.0206. The maximum Gasteiger partial charge on any atom is 0.261 e. The minimum atomic E-state index is -3.85. The van der Waals surface area contributed by atoms with E-state index in [0.717, 1.165) is 6.42 Å². The third kappa shape index (κ3) is 3.52. The molecule has 0 N–H and O–H groups in total. The van der Waals surface area contributed by atoms with E-state index >= 15 is 0 Å². The quantitative estimate of drug-likeness (QED) is 0.801. The van der Waals surface area contributed by atoms with E-state index in [9.17, 15) is 13.2 Å². The number of rotatable bonds is 4. The van der Waals surface area contributed by atoms with Crippen LogP contribution in [0.15, 0.2) is 23.1 Å². The second-order valence-electron chi connectivity index (χ2n) is 5.45. The molecule has 0 atom stereocenters. The highest BCUT2D eigenvalue weighted by molar-refractivity contribution is 8.13. The lowest BCUT2D eigenvalue weighted by atomic mass is 9.98. The number of hydrogen-bond donors (Lipinski definition) is 0. The number of aryl methyl sites for hydroxylation is 1. The van der Waals surface area contributed by atoms with Crippen molar-refractivity contribution in [3.8, 4) is 0 Å². The van der Waals surface area contributed by atoms with Gasteiger partial charge < -0.3 is 4.90 Å². The molecule has 0 spiro atoms. The van der Waals surface area contributed by atoms with Crippen molar-refractivity contribution >= 4 is 25.6 Å². The molecule has 1 aromatic carbocycles. The molecule has 0 heterocycles. The monoisotopic (exact) mass is 317 g/mol. The topological polar surface area (TPSA) is 54.5 Å². The Bertz CT molecular complexity index is 623. The van der Waals surface area contributed by atoms with Gasteiger partial charge in [0.25, 0.3) is 15.0 Å². The summed E-state index contributed by atoms with van der Waals surface area (Å²) in [6.45, 7) is 7.55. The highest BCUT2D eigenvalue weighted by atomic mass is 35.7. The molecule has 0 aromatic heterocycles. The van der Waals surface area contributed by atoms with Gasteiger partial charge in [-0.15, -0.1) is 0 Å². The van der Waals surface area contributed by atoms with Crippen LogP contribution in [-0.4, -0.2) is 31.8 Å². The summed E-state index contributed by atoms with van der Waals surface area (Å²) in [5.41, 5.74) is 0.537. The molecule has 1 amide bonds. The summed E-state index contributed by atoms with van der Waals surface area (Å²) >= 11 is 0. The Morgan fingerprint density at radius 1 is 1.35 bits per heavy atom. The predicted molar refractivity (Wildman–Crippen MR) is 80.7 cm³/mol. The Morgan fingerprint density at radius 3 is 2.35 bits per heavy atom. The lowest BCUT2D eigenvalue weighted by Crippen LogP contribution is -2.44. The summed E-state index contributed by atoms with van der Waals surface area (Å²) in [7, 11) is 3.24. The molecule has 4 nitrogen and oxygen atoms in total. The summed E-state index contributed by atoms with van der Waals surface area (Å²) in [6, 6.07) is 4.54. The SMILES string of the molecule is CCC(C)(C)N(C)C(=O)c1ccc(C)c(S(=O)(=O)Cl)c1. The zero-order valence-electron chi connectivity index (χ0n) is 12.4. The van der Waals surface area contributed by atoms with E-state index in [4.69, 9.17) is 10.7 Å². The van der Waals surface area contributed by atoms with Crippen LogP contribution < -0.4 is 0 Å². The zero-order chi connectivity index (χ0) is 15.7. The third-order valence-corrected chi connectivity index (χ3v) is 5.24. The summed E-state index contributed by atoms with van der Waals surface area (Å²) in [4.78, 5) is 14.0. The molecule has 0 unspecified atom stereocenters. The van der Waals surface area contributed by atoms with Crippen LogP contribution in [0.2, 0.25) is 0 Å². The van der Waals surface area contributed by atoms with Gasteiger partial charge in [-0.3, -0.25) is 4.79 Å². The fourth-order valence-electron chi connectivity index (χ4n) is 1.70. The number of hydrogen-bond acceptors (Lipinski definition) is 3. The van der Waals surface area contributed by atoms with Crippen LogP contribution in [0.25, 0.3) is 0 Å². The number of nitrogens with zero attached hydrogens (tertiary/aromatic N) is 1. The number of carbonyl (C=O) groups excluding carboxylic acids is 1. The van der Waals surface area contributed by atoms with Crippen LogP contribution in [0.5, 0.6) is 0 Å². The highest BCUT2D eigenvalue weighted by Crippen LogP contribution is 2.24. The number of benzene rings is 1. The van der Waals surface area contributed by atoms with Crippen LogP contribution in [0.3, 0.4) is 0 Å². The molecule has 0 saturated carbocycles. The van der Waals surface area contributed by atoms with E-state index in [0.29, 0.717) is 11.1 Å². The molecule has 20 heavy (non-hydrogen) atoms. The summed E-state index contributed by atoms with van der Waals surface area (Å²) in [5, 5.41) is 0. The summed E-state index contributed by atoms with van der Waals surface area (Å²) in [6.07, 6.45) is 0.793. The molecule has 6 heteroatoms. The maximum absolute atomic E-state index is 12.4. The third-order valence-electron chi connectivity index (χ3n) is 3.78. The number of halogens is 1. The van der Waals surface area contributed by atoms with Gasteiger partial charge in [-0.25, -0.2) is 8.42 Å². The van der Waals surface area contributed by atoms with Crippen molar-refractivity contribution in [2.24, 2.45) is 0 Å². The molecule has 1 rings (SSSR count). The largest absolute Gasteiger partial charge is 0.337 e. The lowest BCUT2D eigenvalue weighted by molar-refractivity contribution is 0.0620. The van der Waals surface area contributed by atoms with Crippen LogP contribution in [-0.2, 0) is 9.05 Å². The van der Waals surface area contributed by atoms with Crippen LogP contribution in [0, 0.1) is 6.92 Å². The Balaban J connectivity index is 3.26. The van der Waals surface area contributed by atoms with Crippen molar-refractivity contribution in [2.45, 2.75) is 44.6 Å². The van der Waals surface area contributed by atoms with Gasteiger partial charge in [-0.2, -0.15) is 0 Å². The van der Waals surface area contributed by atoms with Gasteiger partial charge in [0.05, 0.1) is 4.90 Å². The van der Waals surface area contributed by atoms with Gasteiger partial charge in [-0.1, -0.05) is 13.0 Å². The van der Waals surface area contributed by atoms with E-state index in [2.05, 4.69) is 0 Å².